The Bertz CT molecular complexity index is 243. The van der Waals surface area contributed by atoms with Crippen molar-refractivity contribution in [2.24, 2.45) is 5.92 Å². The van der Waals surface area contributed by atoms with Crippen LogP contribution in [0.15, 0.2) is 0 Å². The molecule has 1 aliphatic heterocycles. The number of piperidine rings is 1. The van der Waals surface area contributed by atoms with Gasteiger partial charge in [-0.3, -0.25) is 0 Å². The van der Waals surface area contributed by atoms with Gasteiger partial charge in [0.05, 0.1) is 0 Å². The molecule has 0 radical (unpaired) electrons. The lowest BCUT2D eigenvalue weighted by molar-refractivity contribution is 0.166. The van der Waals surface area contributed by atoms with Crippen molar-refractivity contribution in [1.29, 1.82) is 0 Å². The average molecular weight is 254 g/mol. The van der Waals surface area contributed by atoms with E-state index in [0.29, 0.717) is 12.0 Å². The number of urea groups is 1. The Morgan fingerprint density at radius 1 is 1.39 bits per heavy atom. The number of amides is 2. The van der Waals surface area contributed by atoms with E-state index in [1.165, 1.54) is 32.1 Å². The lowest BCUT2D eigenvalue weighted by Gasteiger charge is -2.32. The summed E-state index contributed by atoms with van der Waals surface area (Å²) in [6.07, 6.45) is 8.62. The fourth-order valence-electron chi connectivity index (χ4n) is 2.63. The van der Waals surface area contributed by atoms with Crippen LogP contribution in [0.5, 0.6) is 0 Å². The molecule has 0 aliphatic carbocycles. The first-order valence-electron chi connectivity index (χ1n) is 7.69. The summed E-state index contributed by atoms with van der Waals surface area (Å²) in [5.74, 6) is 0.657. The molecule has 0 bridgehead atoms. The molecular formula is C15H30N2O. The molecule has 18 heavy (non-hydrogen) atoms. The number of hydrogen-bond acceptors (Lipinski definition) is 1. The largest absolute Gasteiger partial charge is 0.336 e. The van der Waals surface area contributed by atoms with E-state index < -0.39 is 0 Å². The third-order valence-electron chi connectivity index (χ3n) is 3.80. The number of likely N-dealkylation sites (tertiary alicyclic amines) is 1. The van der Waals surface area contributed by atoms with Gasteiger partial charge in [0, 0.05) is 19.1 Å². The SMILES string of the molecule is CCCCCCC(C)NC(=O)N1CCCC(C)C1. The van der Waals surface area contributed by atoms with E-state index in [2.05, 4.69) is 26.1 Å². The highest BCUT2D eigenvalue weighted by Gasteiger charge is 2.21. The Balaban J connectivity index is 2.17. The van der Waals surface area contributed by atoms with Crippen LogP contribution < -0.4 is 5.32 Å². The van der Waals surface area contributed by atoms with Crippen LogP contribution in [-0.2, 0) is 0 Å². The van der Waals surface area contributed by atoms with Gasteiger partial charge in [-0.25, -0.2) is 4.79 Å². The molecule has 0 saturated carbocycles. The number of unbranched alkanes of at least 4 members (excludes halogenated alkanes) is 3. The highest BCUT2D eigenvalue weighted by atomic mass is 16.2. The molecule has 2 unspecified atom stereocenters. The maximum Gasteiger partial charge on any atom is 0.317 e. The molecule has 3 nitrogen and oxygen atoms in total. The van der Waals surface area contributed by atoms with Crippen molar-refractivity contribution >= 4 is 6.03 Å². The van der Waals surface area contributed by atoms with E-state index in [0.717, 1.165) is 25.9 Å². The Hall–Kier alpha value is -0.730. The molecule has 2 atom stereocenters. The van der Waals surface area contributed by atoms with Gasteiger partial charge in [-0.05, 0) is 32.1 Å². The van der Waals surface area contributed by atoms with E-state index >= 15 is 0 Å². The number of rotatable bonds is 6. The molecule has 1 heterocycles. The van der Waals surface area contributed by atoms with Gasteiger partial charge >= 0.3 is 6.03 Å². The summed E-state index contributed by atoms with van der Waals surface area (Å²) in [7, 11) is 0. The lowest BCUT2D eigenvalue weighted by atomic mass is 10.0. The van der Waals surface area contributed by atoms with Crippen molar-refractivity contribution in [3.8, 4) is 0 Å². The van der Waals surface area contributed by atoms with Crippen LogP contribution in [-0.4, -0.2) is 30.1 Å². The molecule has 0 aromatic rings. The molecule has 0 spiro atoms. The van der Waals surface area contributed by atoms with Crippen molar-refractivity contribution in [3.63, 3.8) is 0 Å². The smallest absolute Gasteiger partial charge is 0.317 e. The second-order valence-electron chi connectivity index (χ2n) is 5.89. The van der Waals surface area contributed by atoms with Gasteiger partial charge in [-0.1, -0.05) is 39.5 Å². The molecule has 1 rings (SSSR count). The third kappa shape index (κ3) is 5.74. The zero-order valence-electron chi connectivity index (χ0n) is 12.4. The van der Waals surface area contributed by atoms with E-state index in [4.69, 9.17) is 0 Å². The maximum atomic E-state index is 12.1. The minimum Gasteiger partial charge on any atom is -0.336 e. The van der Waals surface area contributed by atoms with E-state index in [1.807, 2.05) is 4.90 Å². The predicted octanol–water partition coefficient (Wildman–Crippen LogP) is 3.79. The first kappa shape index (κ1) is 15.3. The molecule has 1 fully saturated rings. The zero-order valence-corrected chi connectivity index (χ0v) is 12.4. The van der Waals surface area contributed by atoms with Crippen molar-refractivity contribution in [2.45, 2.75) is 71.8 Å². The summed E-state index contributed by atoms with van der Waals surface area (Å²) in [5, 5.41) is 3.13. The van der Waals surface area contributed by atoms with Gasteiger partial charge in [-0.2, -0.15) is 0 Å². The van der Waals surface area contributed by atoms with Crippen LogP contribution in [0.25, 0.3) is 0 Å². The van der Waals surface area contributed by atoms with Gasteiger partial charge < -0.3 is 10.2 Å². The number of hydrogen-bond donors (Lipinski definition) is 1. The van der Waals surface area contributed by atoms with Gasteiger partial charge in [0.25, 0.3) is 0 Å². The molecule has 106 valence electrons. The fourth-order valence-corrected chi connectivity index (χ4v) is 2.63. The van der Waals surface area contributed by atoms with Crippen LogP contribution in [0, 0.1) is 5.92 Å². The van der Waals surface area contributed by atoms with Crippen molar-refractivity contribution in [3.05, 3.63) is 0 Å². The Labute approximate surface area is 112 Å². The van der Waals surface area contributed by atoms with Gasteiger partial charge in [0.2, 0.25) is 0 Å². The molecule has 3 heteroatoms. The van der Waals surface area contributed by atoms with E-state index in [1.54, 1.807) is 0 Å². The molecule has 1 saturated heterocycles. The summed E-state index contributed by atoms with van der Waals surface area (Å²) >= 11 is 0. The Kier molecular flexibility index (Phi) is 7.14. The quantitative estimate of drug-likeness (QED) is 0.719. The highest BCUT2D eigenvalue weighted by molar-refractivity contribution is 5.74. The second kappa shape index (κ2) is 8.39. The van der Waals surface area contributed by atoms with Crippen LogP contribution in [0.4, 0.5) is 4.79 Å². The Morgan fingerprint density at radius 3 is 2.83 bits per heavy atom. The van der Waals surface area contributed by atoms with Crippen LogP contribution in [0.2, 0.25) is 0 Å². The highest BCUT2D eigenvalue weighted by Crippen LogP contribution is 2.15. The normalized spacial score (nSPS) is 21.7. The fraction of sp³-hybridized carbons (Fsp3) is 0.933. The molecule has 0 aromatic carbocycles. The van der Waals surface area contributed by atoms with Crippen LogP contribution >= 0.6 is 0 Å². The first-order valence-corrected chi connectivity index (χ1v) is 7.69. The zero-order chi connectivity index (χ0) is 13.4. The predicted molar refractivity (Wildman–Crippen MR) is 76.7 cm³/mol. The topological polar surface area (TPSA) is 32.3 Å². The molecule has 1 N–H and O–H groups in total. The summed E-state index contributed by atoms with van der Waals surface area (Å²) in [4.78, 5) is 14.0. The molecule has 2 amide bonds. The van der Waals surface area contributed by atoms with Gasteiger partial charge in [-0.15, -0.1) is 0 Å². The number of carbonyl (C=O) groups excluding carboxylic acids is 1. The van der Waals surface area contributed by atoms with E-state index in [-0.39, 0.29) is 6.03 Å². The minimum absolute atomic E-state index is 0.143. The average Bonchev–Trinajstić information content (AvgIpc) is 2.34. The number of nitrogens with one attached hydrogen (secondary N) is 1. The number of nitrogens with zero attached hydrogens (tertiary/aromatic N) is 1. The van der Waals surface area contributed by atoms with Crippen molar-refractivity contribution < 1.29 is 4.79 Å². The van der Waals surface area contributed by atoms with Crippen LogP contribution in [0.3, 0.4) is 0 Å². The molecule has 1 aliphatic rings. The summed E-state index contributed by atoms with van der Waals surface area (Å²) in [6.45, 7) is 8.43. The lowest BCUT2D eigenvalue weighted by Crippen LogP contribution is -2.47. The summed E-state index contributed by atoms with van der Waals surface area (Å²) in [6, 6.07) is 0.455. The second-order valence-corrected chi connectivity index (χ2v) is 5.89. The summed E-state index contributed by atoms with van der Waals surface area (Å²) < 4.78 is 0. The van der Waals surface area contributed by atoms with Crippen molar-refractivity contribution in [2.75, 3.05) is 13.1 Å². The standard InChI is InChI=1S/C15H30N2O/c1-4-5-6-7-10-14(3)16-15(18)17-11-8-9-13(2)12-17/h13-14H,4-12H2,1-3H3,(H,16,18). The summed E-state index contributed by atoms with van der Waals surface area (Å²) in [5.41, 5.74) is 0. The number of carbonyl (C=O) groups is 1. The van der Waals surface area contributed by atoms with E-state index in [9.17, 15) is 4.79 Å². The maximum absolute atomic E-state index is 12.1. The van der Waals surface area contributed by atoms with Crippen LogP contribution in [0.1, 0.15) is 65.7 Å². The molecular weight excluding hydrogens is 224 g/mol. The first-order chi connectivity index (χ1) is 8.63. The van der Waals surface area contributed by atoms with Gasteiger partial charge in [0.1, 0.15) is 0 Å². The van der Waals surface area contributed by atoms with Crippen molar-refractivity contribution in [1.82, 2.24) is 10.2 Å². The monoisotopic (exact) mass is 254 g/mol. The third-order valence-corrected chi connectivity index (χ3v) is 3.80. The molecule has 0 aromatic heterocycles. The minimum atomic E-state index is 0.143. The Morgan fingerprint density at radius 2 is 2.17 bits per heavy atom. The van der Waals surface area contributed by atoms with Gasteiger partial charge in [0.15, 0.2) is 0 Å².